The van der Waals surface area contributed by atoms with E-state index in [4.69, 9.17) is 21.1 Å². The van der Waals surface area contributed by atoms with Crippen molar-refractivity contribution in [3.63, 3.8) is 0 Å². The van der Waals surface area contributed by atoms with Gasteiger partial charge in [-0.2, -0.15) is 0 Å². The van der Waals surface area contributed by atoms with E-state index in [1.54, 1.807) is 24.3 Å². The van der Waals surface area contributed by atoms with Crippen molar-refractivity contribution >= 4 is 23.3 Å². The fourth-order valence-electron chi connectivity index (χ4n) is 3.54. The standard InChI is InChI=1S/C18H20ClNO4/c19-13-3-1-2-11(6-13)15(21)7-12-8-23-17-14(9-24-16(12)17)20-18(22)10-4-5-10/h1-3,6,10,12,14,16-17H,4-5,7-9H2,(H,20,22)/t12-,14-,16+,17+/m0/s1. The van der Waals surface area contributed by atoms with Crippen LogP contribution in [0.1, 0.15) is 29.6 Å². The number of Topliss-reactive ketones (excluding diaryl/α,β-unsaturated/α-hetero) is 1. The Labute approximate surface area is 145 Å². The number of ether oxygens (including phenoxy) is 2. The summed E-state index contributed by atoms with van der Waals surface area (Å²) in [5.41, 5.74) is 0.613. The lowest BCUT2D eigenvalue weighted by molar-refractivity contribution is -0.123. The summed E-state index contributed by atoms with van der Waals surface area (Å²) in [6.45, 7) is 0.938. The Morgan fingerprint density at radius 2 is 1.96 bits per heavy atom. The van der Waals surface area contributed by atoms with Gasteiger partial charge in [-0.3, -0.25) is 9.59 Å². The molecule has 2 saturated heterocycles. The Morgan fingerprint density at radius 3 is 2.71 bits per heavy atom. The van der Waals surface area contributed by atoms with Crippen LogP contribution in [0, 0.1) is 11.8 Å². The summed E-state index contributed by atoms with van der Waals surface area (Å²) < 4.78 is 11.7. The first-order valence-corrected chi connectivity index (χ1v) is 8.82. The van der Waals surface area contributed by atoms with Crippen LogP contribution in [-0.2, 0) is 14.3 Å². The average molecular weight is 350 g/mol. The maximum absolute atomic E-state index is 12.5. The van der Waals surface area contributed by atoms with Crippen LogP contribution in [0.5, 0.6) is 0 Å². The molecular weight excluding hydrogens is 330 g/mol. The molecule has 6 heteroatoms. The number of fused-ring (bicyclic) bond motifs is 1. The predicted molar refractivity (Wildman–Crippen MR) is 88.0 cm³/mol. The van der Waals surface area contributed by atoms with Crippen LogP contribution in [0.2, 0.25) is 5.02 Å². The molecule has 2 aliphatic heterocycles. The van der Waals surface area contributed by atoms with Crippen molar-refractivity contribution in [2.75, 3.05) is 13.2 Å². The second-order valence-corrected chi connectivity index (χ2v) is 7.32. The number of amides is 1. The van der Waals surface area contributed by atoms with Crippen molar-refractivity contribution in [1.29, 1.82) is 0 Å². The van der Waals surface area contributed by atoms with Crippen molar-refractivity contribution in [2.45, 2.75) is 37.5 Å². The van der Waals surface area contributed by atoms with Crippen molar-refractivity contribution in [3.05, 3.63) is 34.9 Å². The summed E-state index contributed by atoms with van der Waals surface area (Å²) in [5, 5.41) is 3.59. The van der Waals surface area contributed by atoms with Gasteiger partial charge in [0, 0.05) is 28.8 Å². The van der Waals surface area contributed by atoms with Crippen LogP contribution >= 0.6 is 11.6 Å². The second kappa shape index (κ2) is 6.47. The summed E-state index contributed by atoms with van der Waals surface area (Å²) in [4.78, 5) is 24.4. The van der Waals surface area contributed by atoms with E-state index < -0.39 is 0 Å². The van der Waals surface area contributed by atoms with Crippen molar-refractivity contribution in [2.24, 2.45) is 11.8 Å². The minimum Gasteiger partial charge on any atom is -0.373 e. The van der Waals surface area contributed by atoms with Gasteiger partial charge in [-0.25, -0.2) is 0 Å². The molecule has 1 aromatic carbocycles. The molecule has 1 N–H and O–H groups in total. The van der Waals surface area contributed by atoms with Gasteiger partial charge in [0.25, 0.3) is 0 Å². The number of benzene rings is 1. The molecule has 1 aromatic rings. The summed E-state index contributed by atoms with van der Waals surface area (Å²) in [7, 11) is 0. The van der Waals surface area contributed by atoms with Crippen LogP contribution in [0.25, 0.3) is 0 Å². The molecule has 3 fully saturated rings. The largest absolute Gasteiger partial charge is 0.373 e. The second-order valence-electron chi connectivity index (χ2n) is 6.88. The minimum atomic E-state index is -0.148. The van der Waals surface area contributed by atoms with E-state index in [0.29, 0.717) is 30.2 Å². The lowest BCUT2D eigenvalue weighted by Gasteiger charge is -2.17. The van der Waals surface area contributed by atoms with Gasteiger partial charge in [0.05, 0.1) is 25.4 Å². The first kappa shape index (κ1) is 16.1. The highest BCUT2D eigenvalue weighted by Gasteiger charge is 2.49. The number of ketones is 1. The van der Waals surface area contributed by atoms with Gasteiger partial charge in [0.1, 0.15) is 6.10 Å². The highest BCUT2D eigenvalue weighted by Crippen LogP contribution is 2.35. The van der Waals surface area contributed by atoms with Gasteiger partial charge in [-0.15, -0.1) is 0 Å². The third-order valence-electron chi connectivity index (χ3n) is 5.03. The van der Waals surface area contributed by atoms with Crippen LogP contribution in [-0.4, -0.2) is 43.2 Å². The van der Waals surface area contributed by atoms with Crippen LogP contribution in [0.15, 0.2) is 24.3 Å². The van der Waals surface area contributed by atoms with Gasteiger partial charge < -0.3 is 14.8 Å². The first-order valence-electron chi connectivity index (χ1n) is 8.44. The fraction of sp³-hybridized carbons (Fsp3) is 0.556. The number of rotatable bonds is 5. The molecule has 0 aromatic heterocycles. The highest BCUT2D eigenvalue weighted by molar-refractivity contribution is 6.31. The zero-order chi connectivity index (χ0) is 16.7. The summed E-state index contributed by atoms with van der Waals surface area (Å²) in [6, 6.07) is 6.88. The zero-order valence-electron chi connectivity index (χ0n) is 13.2. The minimum absolute atomic E-state index is 0.0179. The molecule has 4 atom stereocenters. The monoisotopic (exact) mass is 349 g/mol. The van der Waals surface area contributed by atoms with Crippen LogP contribution < -0.4 is 5.32 Å². The molecule has 3 aliphatic rings. The molecule has 4 rings (SSSR count). The maximum Gasteiger partial charge on any atom is 0.223 e. The predicted octanol–water partition coefficient (Wildman–Crippen LogP) is 2.22. The van der Waals surface area contributed by atoms with Crippen molar-refractivity contribution in [1.82, 2.24) is 5.32 Å². The number of nitrogens with one attached hydrogen (secondary N) is 1. The number of carbonyl (C=O) groups excluding carboxylic acids is 2. The van der Waals surface area contributed by atoms with E-state index in [9.17, 15) is 9.59 Å². The quantitative estimate of drug-likeness (QED) is 0.828. The number of halogens is 1. The number of hydrogen-bond donors (Lipinski definition) is 1. The van der Waals surface area contributed by atoms with Gasteiger partial charge in [-0.05, 0) is 25.0 Å². The van der Waals surface area contributed by atoms with Crippen LogP contribution in [0.4, 0.5) is 0 Å². The Balaban J connectivity index is 1.36. The topological polar surface area (TPSA) is 64.6 Å². The normalized spacial score (nSPS) is 31.7. The smallest absolute Gasteiger partial charge is 0.223 e. The summed E-state index contributed by atoms with van der Waals surface area (Å²) in [5.74, 6) is 0.335. The zero-order valence-corrected chi connectivity index (χ0v) is 14.0. The van der Waals surface area contributed by atoms with E-state index >= 15 is 0 Å². The number of hydrogen-bond acceptors (Lipinski definition) is 4. The number of carbonyl (C=O) groups is 2. The van der Waals surface area contributed by atoms with E-state index in [-0.39, 0.29) is 41.8 Å². The third kappa shape index (κ3) is 3.21. The Hall–Kier alpha value is -1.43. The van der Waals surface area contributed by atoms with E-state index in [0.717, 1.165) is 12.8 Å². The molecule has 24 heavy (non-hydrogen) atoms. The Morgan fingerprint density at radius 1 is 1.17 bits per heavy atom. The SMILES string of the molecule is O=C(C[C@H]1CO[C@H]2[C@@H]1OC[C@@H]2NC(=O)C1CC1)c1cccc(Cl)c1. The Bertz CT molecular complexity index is 660. The lowest BCUT2D eigenvalue weighted by atomic mass is 9.93. The molecule has 0 spiro atoms. The van der Waals surface area contributed by atoms with E-state index in [1.165, 1.54) is 0 Å². The molecule has 0 bridgehead atoms. The summed E-state index contributed by atoms with van der Waals surface area (Å²) >= 11 is 5.95. The molecule has 128 valence electrons. The molecule has 5 nitrogen and oxygen atoms in total. The van der Waals surface area contributed by atoms with Crippen LogP contribution in [0.3, 0.4) is 0 Å². The highest BCUT2D eigenvalue weighted by atomic mass is 35.5. The molecule has 0 radical (unpaired) electrons. The third-order valence-corrected chi connectivity index (χ3v) is 5.26. The molecule has 1 saturated carbocycles. The van der Waals surface area contributed by atoms with Gasteiger partial charge >= 0.3 is 0 Å². The molecular formula is C18H20ClNO4. The molecule has 0 unspecified atom stereocenters. The fourth-order valence-corrected chi connectivity index (χ4v) is 3.73. The van der Waals surface area contributed by atoms with E-state index in [1.807, 2.05) is 0 Å². The summed E-state index contributed by atoms with van der Waals surface area (Å²) in [6.07, 6.45) is 2.05. The van der Waals surface area contributed by atoms with Gasteiger partial charge in [0.2, 0.25) is 5.91 Å². The maximum atomic E-state index is 12.5. The molecule has 1 aliphatic carbocycles. The van der Waals surface area contributed by atoms with Gasteiger partial charge in [-0.1, -0.05) is 23.7 Å². The lowest BCUT2D eigenvalue weighted by Crippen LogP contribution is -2.44. The van der Waals surface area contributed by atoms with E-state index in [2.05, 4.69) is 5.32 Å². The average Bonchev–Trinajstić information content (AvgIpc) is 3.24. The molecule has 1 amide bonds. The molecule has 2 heterocycles. The van der Waals surface area contributed by atoms with Crippen molar-refractivity contribution < 1.29 is 19.1 Å². The van der Waals surface area contributed by atoms with Gasteiger partial charge in [0.15, 0.2) is 5.78 Å². The van der Waals surface area contributed by atoms with Crippen molar-refractivity contribution in [3.8, 4) is 0 Å². The Kier molecular flexibility index (Phi) is 4.33. The first-order chi connectivity index (χ1) is 11.6.